The minimum atomic E-state index is -0.381. The zero-order chi connectivity index (χ0) is 22.9. The highest BCUT2D eigenvalue weighted by Gasteiger charge is 2.42. The predicted molar refractivity (Wildman–Crippen MR) is 132 cm³/mol. The fourth-order valence-corrected chi connectivity index (χ4v) is 4.61. The van der Waals surface area contributed by atoms with Gasteiger partial charge in [0.05, 0.1) is 22.3 Å². The van der Waals surface area contributed by atoms with Crippen molar-refractivity contribution in [2.24, 2.45) is 0 Å². The second kappa shape index (κ2) is 8.48. The lowest BCUT2D eigenvalue weighted by atomic mass is 10.0. The number of non-ortho nitro benzene ring substituents is 1. The molecule has 0 spiro atoms. The molecule has 1 N–H and O–H groups in total. The van der Waals surface area contributed by atoms with Crippen LogP contribution in [0.25, 0.3) is 5.69 Å². The average molecular weight is 456 g/mol. The smallest absolute Gasteiger partial charge is 0.271 e. The van der Waals surface area contributed by atoms with Crippen LogP contribution in [0.1, 0.15) is 29.0 Å². The van der Waals surface area contributed by atoms with E-state index in [1.807, 2.05) is 54.1 Å². The lowest BCUT2D eigenvalue weighted by Crippen LogP contribution is -2.30. The van der Waals surface area contributed by atoms with Gasteiger partial charge in [-0.1, -0.05) is 29.8 Å². The van der Waals surface area contributed by atoms with Gasteiger partial charge in [0.15, 0.2) is 5.11 Å². The number of nitro benzene ring substituents is 1. The Labute approximate surface area is 196 Å². The minimum Gasteiger partial charge on any atom is -0.351 e. The number of aromatic nitrogens is 2. The van der Waals surface area contributed by atoms with Gasteiger partial charge in [-0.05, 0) is 61.6 Å². The third kappa shape index (κ3) is 3.85. The summed E-state index contributed by atoms with van der Waals surface area (Å²) in [5.41, 5.74) is 4.70. The van der Waals surface area contributed by atoms with Crippen molar-refractivity contribution in [1.29, 1.82) is 0 Å². The van der Waals surface area contributed by atoms with Gasteiger partial charge in [-0.15, -0.1) is 0 Å². The van der Waals surface area contributed by atoms with Crippen molar-refractivity contribution < 1.29 is 4.92 Å². The van der Waals surface area contributed by atoms with E-state index >= 15 is 0 Å². The molecule has 1 aliphatic rings. The first-order valence-corrected chi connectivity index (χ1v) is 10.9. The van der Waals surface area contributed by atoms with E-state index in [0.717, 1.165) is 22.6 Å². The standard InChI is InChI=1S/C25H21N5O2S/c1-17-10-12-18(13-11-17)29-24(23(27-25(29)33)21-8-2-3-14-26-21)22-9-5-15-28(22)19-6-4-7-20(16-19)30(31)32/h2-16,23-24H,1H3,(H,27,33)/t23-,24-/m1/s1. The molecule has 4 aromatic rings. The summed E-state index contributed by atoms with van der Waals surface area (Å²) < 4.78 is 1.98. The van der Waals surface area contributed by atoms with E-state index in [1.54, 1.807) is 18.3 Å². The van der Waals surface area contributed by atoms with Crippen molar-refractivity contribution in [2.75, 3.05) is 4.90 Å². The molecule has 5 rings (SSSR count). The summed E-state index contributed by atoms with van der Waals surface area (Å²) in [6.45, 7) is 2.05. The molecule has 2 atom stereocenters. The van der Waals surface area contributed by atoms with Gasteiger partial charge in [-0.2, -0.15) is 0 Å². The van der Waals surface area contributed by atoms with Crippen LogP contribution in [0.2, 0.25) is 0 Å². The quantitative estimate of drug-likeness (QED) is 0.251. The first-order chi connectivity index (χ1) is 16.0. The molecule has 2 aromatic heterocycles. The van der Waals surface area contributed by atoms with Gasteiger partial charge >= 0.3 is 0 Å². The fraction of sp³-hybridized carbons (Fsp3) is 0.120. The fourth-order valence-electron chi connectivity index (χ4n) is 4.27. The van der Waals surface area contributed by atoms with Gasteiger partial charge in [0, 0.05) is 35.9 Å². The highest BCUT2D eigenvalue weighted by Crippen LogP contribution is 2.42. The molecule has 0 amide bonds. The third-order valence-corrected chi connectivity index (χ3v) is 6.13. The summed E-state index contributed by atoms with van der Waals surface area (Å²) in [6, 6.07) is 24.2. The number of rotatable bonds is 5. The van der Waals surface area contributed by atoms with Crippen LogP contribution in [-0.4, -0.2) is 19.6 Å². The number of nitrogens with zero attached hydrogens (tertiary/aromatic N) is 4. The molecule has 0 radical (unpaired) electrons. The lowest BCUT2D eigenvalue weighted by molar-refractivity contribution is -0.384. The summed E-state index contributed by atoms with van der Waals surface area (Å²) in [5, 5.41) is 15.4. The molecule has 0 bridgehead atoms. The second-order valence-corrected chi connectivity index (χ2v) is 8.30. The van der Waals surface area contributed by atoms with Crippen molar-refractivity contribution in [3.8, 4) is 5.69 Å². The van der Waals surface area contributed by atoms with E-state index < -0.39 is 0 Å². The number of pyridine rings is 1. The highest BCUT2D eigenvalue weighted by atomic mass is 32.1. The maximum atomic E-state index is 11.4. The maximum absolute atomic E-state index is 11.4. The molecule has 33 heavy (non-hydrogen) atoms. The molecule has 0 unspecified atom stereocenters. The molecular formula is C25H21N5O2S. The Kier molecular flexibility index (Phi) is 5.35. The molecule has 3 heterocycles. The second-order valence-electron chi connectivity index (χ2n) is 7.91. The van der Waals surface area contributed by atoms with Crippen molar-refractivity contribution in [3.05, 3.63) is 118 Å². The Morgan fingerprint density at radius 1 is 1.00 bits per heavy atom. The van der Waals surface area contributed by atoms with Crippen molar-refractivity contribution in [3.63, 3.8) is 0 Å². The number of hydrogen-bond donors (Lipinski definition) is 1. The topological polar surface area (TPSA) is 76.2 Å². The van der Waals surface area contributed by atoms with Crippen molar-refractivity contribution in [2.45, 2.75) is 19.0 Å². The number of aryl methyl sites for hydroxylation is 1. The van der Waals surface area contributed by atoms with E-state index in [0.29, 0.717) is 10.8 Å². The van der Waals surface area contributed by atoms with Gasteiger partial charge < -0.3 is 14.8 Å². The summed E-state index contributed by atoms with van der Waals surface area (Å²) in [6.07, 6.45) is 3.68. The maximum Gasteiger partial charge on any atom is 0.271 e. The van der Waals surface area contributed by atoms with Gasteiger partial charge in [-0.3, -0.25) is 15.1 Å². The molecule has 8 heteroatoms. The SMILES string of the molecule is Cc1ccc(N2C(=S)N[C@H](c3ccccn3)[C@H]2c2cccn2-c2cccc([N+](=O)[O-])c2)cc1. The summed E-state index contributed by atoms with van der Waals surface area (Å²) in [7, 11) is 0. The van der Waals surface area contributed by atoms with E-state index in [2.05, 4.69) is 39.5 Å². The van der Waals surface area contributed by atoms with Crippen LogP contribution in [0, 0.1) is 17.0 Å². The minimum absolute atomic E-state index is 0.0453. The Morgan fingerprint density at radius 3 is 2.55 bits per heavy atom. The molecular weight excluding hydrogens is 434 g/mol. The highest BCUT2D eigenvalue weighted by molar-refractivity contribution is 7.80. The number of nitro groups is 1. The zero-order valence-corrected chi connectivity index (χ0v) is 18.6. The molecule has 0 aliphatic carbocycles. The predicted octanol–water partition coefficient (Wildman–Crippen LogP) is 5.27. The first-order valence-electron chi connectivity index (χ1n) is 10.5. The summed E-state index contributed by atoms with van der Waals surface area (Å²) in [4.78, 5) is 17.7. The van der Waals surface area contributed by atoms with E-state index in [4.69, 9.17) is 12.2 Å². The Bertz CT molecular complexity index is 1320. The Hall–Kier alpha value is -4.04. The average Bonchev–Trinajstić information content (AvgIpc) is 3.44. The van der Waals surface area contributed by atoms with Crippen LogP contribution < -0.4 is 10.2 Å². The molecule has 164 valence electrons. The van der Waals surface area contributed by atoms with Crippen LogP contribution in [0.15, 0.2) is 91.3 Å². The normalized spacial score (nSPS) is 17.7. The first kappa shape index (κ1) is 20.8. The van der Waals surface area contributed by atoms with Crippen LogP contribution in [0.3, 0.4) is 0 Å². The van der Waals surface area contributed by atoms with Crippen molar-refractivity contribution in [1.82, 2.24) is 14.9 Å². The van der Waals surface area contributed by atoms with Crippen LogP contribution in [-0.2, 0) is 0 Å². The van der Waals surface area contributed by atoms with E-state index in [9.17, 15) is 10.1 Å². The molecule has 1 aliphatic heterocycles. The Balaban J connectivity index is 1.66. The third-order valence-electron chi connectivity index (χ3n) is 5.81. The van der Waals surface area contributed by atoms with Crippen LogP contribution >= 0.6 is 12.2 Å². The van der Waals surface area contributed by atoms with Gasteiger partial charge in [0.25, 0.3) is 5.69 Å². The summed E-state index contributed by atoms with van der Waals surface area (Å²) >= 11 is 5.79. The van der Waals surface area contributed by atoms with E-state index in [-0.39, 0.29) is 22.7 Å². The molecule has 7 nitrogen and oxygen atoms in total. The number of benzene rings is 2. The molecule has 1 fully saturated rings. The zero-order valence-electron chi connectivity index (χ0n) is 17.8. The monoisotopic (exact) mass is 455 g/mol. The van der Waals surface area contributed by atoms with Crippen LogP contribution in [0.5, 0.6) is 0 Å². The molecule has 1 saturated heterocycles. The Morgan fingerprint density at radius 2 is 1.82 bits per heavy atom. The van der Waals surface area contributed by atoms with Gasteiger partial charge in [-0.25, -0.2) is 0 Å². The van der Waals surface area contributed by atoms with Crippen LogP contribution in [0.4, 0.5) is 11.4 Å². The number of hydrogen-bond acceptors (Lipinski definition) is 4. The molecule has 0 saturated carbocycles. The number of anilines is 1. The summed E-state index contributed by atoms with van der Waals surface area (Å²) in [5.74, 6) is 0. The lowest BCUT2D eigenvalue weighted by Gasteiger charge is -2.29. The van der Waals surface area contributed by atoms with E-state index in [1.165, 1.54) is 6.07 Å². The molecule has 2 aromatic carbocycles. The number of thiocarbonyl (C=S) groups is 1. The van der Waals surface area contributed by atoms with Gasteiger partial charge in [0.2, 0.25) is 0 Å². The largest absolute Gasteiger partial charge is 0.351 e. The van der Waals surface area contributed by atoms with Gasteiger partial charge in [0.1, 0.15) is 6.04 Å². The number of nitrogens with one attached hydrogen (secondary N) is 1. The van der Waals surface area contributed by atoms with Crippen molar-refractivity contribution >= 4 is 28.7 Å².